The zero-order valence-corrected chi connectivity index (χ0v) is 12.6. The summed E-state index contributed by atoms with van der Waals surface area (Å²) in [4.78, 5) is 0. The Hall–Kier alpha value is -2.71. The second-order valence-corrected chi connectivity index (χ2v) is 5.60. The van der Waals surface area contributed by atoms with Gasteiger partial charge in [0.2, 0.25) is 5.88 Å². The van der Waals surface area contributed by atoms with Crippen molar-refractivity contribution in [1.29, 1.82) is 5.26 Å². The average molecular weight is 307 g/mol. The molecule has 0 radical (unpaired) electrons. The van der Waals surface area contributed by atoms with E-state index in [0.29, 0.717) is 16.7 Å². The summed E-state index contributed by atoms with van der Waals surface area (Å²) in [5.41, 5.74) is 4.67. The SMILES string of the molecule is C=c1ccccc1=C1NN=C(SCc2ccc(C#N)cc2)O1. The molecule has 1 N–H and O–H groups in total. The lowest BCUT2D eigenvalue weighted by Crippen LogP contribution is -2.28. The van der Waals surface area contributed by atoms with Crippen LogP contribution in [-0.2, 0) is 10.5 Å². The van der Waals surface area contributed by atoms with Crippen LogP contribution in [0.2, 0.25) is 0 Å². The molecular formula is C17H13N3OS. The molecule has 3 rings (SSSR count). The van der Waals surface area contributed by atoms with Gasteiger partial charge in [-0.3, -0.25) is 0 Å². The third-order valence-corrected chi connectivity index (χ3v) is 4.04. The number of hydrazone groups is 1. The van der Waals surface area contributed by atoms with Crippen LogP contribution in [0, 0.1) is 11.3 Å². The molecule has 0 aromatic heterocycles. The highest BCUT2D eigenvalue weighted by Gasteiger charge is 2.14. The normalized spacial score (nSPS) is 15.5. The summed E-state index contributed by atoms with van der Waals surface area (Å²) in [6, 6.07) is 17.3. The van der Waals surface area contributed by atoms with Crippen molar-refractivity contribution in [3.63, 3.8) is 0 Å². The molecule has 0 fully saturated rings. The van der Waals surface area contributed by atoms with Crippen molar-refractivity contribution >= 4 is 29.5 Å². The van der Waals surface area contributed by atoms with E-state index < -0.39 is 0 Å². The van der Waals surface area contributed by atoms with E-state index in [1.165, 1.54) is 11.8 Å². The van der Waals surface area contributed by atoms with Gasteiger partial charge in [0.25, 0.3) is 5.23 Å². The molecule has 0 saturated carbocycles. The molecule has 22 heavy (non-hydrogen) atoms. The van der Waals surface area contributed by atoms with Gasteiger partial charge in [0.15, 0.2) is 0 Å². The summed E-state index contributed by atoms with van der Waals surface area (Å²) in [5.74, 6) is 1.33. The van der Waals surface area contributed by atoms with Crippen molar-refractivity contribution in [2.24, 2.45) is 5.10 Å². The quantitative estimate of drug-likeness (QED) is 0.920. The molecule has 1 aliphatic heterocycles. The minimum atomic E-state index is 0.572. The predicted octanol–water partition coefficient (Wildman–Crippen LogP) is 1.86. The van der Waals surface area contributed by atoms with Crippen molar-refractivity contribution in [2.75, 3.05) is 0 Å². The number of ether oxygens (including phenoxy) is 1. The first-order valence-electron chi connectivity index (χ1n) is 6.68. The molecule has 0 unspecified atom stereocenters. The van der Waals surface area contributed by atoms with E-state index >= 15 is 0 Å². The van der Waals surface area contributed by atoms with E-state index in [2.05, 4.69) is 23.2 Å². The van der Waals surface area contributed by atoms with Crippen molar-refractivity contribution in [3.05, 3.63) is 70.1 Å². The Morgan fingerprint density at radius 3 is 2.68 bits per heavy atom. The van der Waals surface area contributed by atoms with Gasteiger partial charge in [-0.15, -0.1) is 5.10 Å². The number of thioether (sulfide) groups is 1. The molecule has 108 valence electrons. The summed E-state index contributed by atoms with van der Waals surface area (Å²) in [6.07, 6.45) is 0. The number of nitrogens with zero attached hydrogens (tertiary/aromatic N) is 2. The lowest BCUT2D eigenvalue weighted by atomic mass is 10.2. The predicted molar refractivity (Wildman–Crippen MR) is 88.7 cm³/mol. The van der Waals surface area contributed by atoms with Gasteiger partial charge in [0, 0.05) is 11.0 Å². The molecule has 0 spiro atoms. The van der Waals surface area contributed by atoms with Crippen molar-refractivity contribution in [2.45, 2.75) is 5.75 Å². The highest BCUT2D eigenvalue weighted by atomic mass is 32.2. The number of nitrogens with one attached hydrogen (secondary N) is 1. The molecule has 0 aliphatic carbocycles. The fraction of sp³-hybridized carbons (Fsp3) is 0.0588. The van der Waals surface area contributed by atoms with E-state index in [1.54, 1.807) is 0 Å². The largest absolute Gasteiger partial charge is 0.413 e. The monoisotopic (exact) mass is 307 g/mol. The van der Waals surface area contributed by atoms with Crippen LogP contribution in [-0.4, -0.2) is 5.23 Å². The van der Waals surface area contributed by atoms with Crippen LogP contribution in [0.4, 0.5) is 0 Å². The summed E-state index contributed by atoms with van der Waals surface area (Å²) >= 11 is 1.50. The lowest BCUT2D eigenvalue weighted by Gasteiger charge is -2.02. The third kappa shape index (κ3) is 3.13. The Labute approximate surface area is 132 Å². The van der Waals surface area contributed by atoms with Crippen LogP contribution in [0.15, 0.2) is 53.6 Å². The minimum Gasteiger partial charge on any atom is -0.413 e. The number of nitriles is 1. The molecule has 0 amide bonds. The van der Waals surface area contributed by atoms with Crippen LogP contribution < -0.4 is 15.9 Å². The van der Waals surface area contributed by atoms with Gasteiger partial charge in [-0.2, -0.15) is 5.26 Å². The second kappa shape index (κ2) is 6.37. The van der Waals surface area contributed by atoms with Gasteiger partial charge in [-0.1, -0.05) is 48.7 Å². The smallest absolute Gasteiger partial charge is 0.274 e. The van der Waals surface area contributed by atoms with Gasteiger partial charge >= 0.3 is 0 Å². The van der Waals surface area contributed by atoms with Gasteiger partial charge < -0.3 is 4.74 Å². The van der Waals surface area contributed by atoms with E-state index in [1.807, 2.05) is 48.5 Å². The van der Waals surface area contributed by atoms with Gasteiger partial charge in [0.1, 0.15) is 0 Å². The van der Waals surface area contributed by atoms with Crippen LogP contribution in [0.3, 0.4) is 0 Å². The maximum atomic E-state index is 8.78. The molecular weight excluding hydrogens is 294 g/mol. The van der Waals surface area contributed by atoms with Crippen LogP contribution in [0.25, 0.3) is 12.5 Å². The molecule has 5 heteroatoms. The molecule has 2 aromatic carbocycles. The van der Waals surface area contributed by atoms with Gasteiger partial charge in [-0.05, 0) is 29.0 Å². The molecule has 0 saturated heterocycles. The molecule has 2 aromatic rings. The van der Waals surface area contributed by atoms with Crippen LogP contribution in [0.5, 0.6) is 0 Å². The van der Waals surface area contributed by atoms with Gasteiger partial charge in [0.05, 0.1) is 11.6 Å². The van der Waals surface area contributed by atoms with E-state index in [9.17, 15) is 0 Å². The third-order valence-electron chi connectivity index (χ3n) is 3.15. The lowest BCUT2D eigenvalue weighted by molar-refractivity contribution is 0.514. The molecule has 0 bridgehead atoms. The van der Waals surface area contributed by atoms with Gasteiger partial charge in [-0.25, -0.2) is 5.43 Å². The number of hydrogen-bond donors (Lipinski definition) is 1. The number of hydrogen-bond acceptors (Lipinski definition) is 5. The zero-order chi connectivity index (χ0) is 15.4. The van der Waals surface area contributed by atoms with E-state index in [4.69, 9.17) is 10.00 Å². The van der Waals surface area contributed by atoms with E-state index in [0.717, 1.165) is 21.8 Å². The molecule has 0 atom stereocenters. The Balaban J connectivity index is 1.66. The second-order valence-electron chi connectivity index (χ2n) is 4.68. The summed E-state index contributed by atoms with van der Waals surface area (Å²) in [7, 11) is 0. The first-order valence-corrected chi connectivity index (χ1v) is 7.66. The zero-order valence-electron chi connectivity index (χ0n) is 11.7. The van der Waals surface area contributed by atoms with E-state index in [-0.39, 0.29) is 0 Å². The van der Waals surface area contributed by atoms with Crippen LogP contribution >= 0.6 is 11.8 Å². The fourth-order valence-electron chi connectivity index (χ4n) is 1.97. The maximum absolute atomic E-state index is 8.78. The molecule has 4 nitrogen and oxygen atoms in total. The topological polar surface area (TPSA) is 57.4 Å². The highest BCUT2D eigenvalue weighted by molar-refractivity contribution is 8.12. The highest BCUT2D eigenvalue weighted by Crippen LogP contribution is 2.19. The molecule has 1 heterocycles. The summed E-state index contributed by atoms with van der Waals surface area (Å²) in [5, 5.41) is 15.3. The number of rotatable bonds is 2. The summed E-state index contributed by atoms with van der Waals surface area (Å²) < 4.78 is 5.72. The standard InChI is InChI=1S/C17H13N3OS/c1-12-4-2-3-5-15(12)16-19-20-17(21-16)22-11-14-8-6-13(10-18)7-9-14/h2-9,19H,1,11H2. The number of benzene rings is 2. The molecule has 1 aliphatic rings. The maximum Gasteiger partial charge on any atom is 0.274 e. The summed E-state index contributed by atoms with van der Waals surface area (Å²) in [6.45, 7) is 3.98. The van der Waals surface area contributed by atoms with Crippen LogP contribution in [0.1, 0.15) is 11.1 Å². The fourth-order valence-corrected chi connectivity index (χ4v) is 2.70. The Kier molecular flexibility index (Phi) is 4.12. The Morgan fingerprint density at radius 2 is 1.95 bits per heavy atom. The first-order chi connectivity index (χ1) is 10.8. The first kappa shape index (κ1) is 14.2. The average Bonchev–Trinajstić information content (AvgIpc) is 3.02. The minimum absolute atomic E-state index is 0.572. The van der Waals surface area contributed by atoms with Crippen molar-refractivity contribution < 1.29 is 4.74 Å². The van der Waals surface area contributed by atoms with Crippen molar-refractivity contribution in [1.82, 2.24) is 5.43 Å². The van der Waals surface area contributed by atoms with Crippen molar-refractivity contribution in [3.8, 4) is 6.07 Å². The Morgan fingerprint density at radius 1 is 1.18 bits per heavy atom. The Bertz CT molecular complexity index is 866.